The number of anilines is 1. The van der Waals surface area contributed by atoms with Crippen molar-refractivity contribution in [2.45, 2.75) is 20.8 Å². The summed E-state index contributed by atoms with van der Waals surface area (Å²) in [6.07, 6.45) is 0. The summed E-state index contributed by atoms with van der Waals surface area (Å²) in [7, 11) is 1.63. The molecule has 0 aliphatic carbocycles. The van der Waals surface area contributed by atoms with Gasteiger partial charge in [0.2, 0.25) is 0 Å². The van der Waals surface area contributed by atoms with Crippen molar-refractivity contribution < 1.29 is 9.13 Å². The average molecular weight is 264 g/mol. The summed E-state index contributed by atoms with van der Waals surface area (Å²) >= 11 is 0. The monoisotopic (exact) mass is 264 g/mol. The van der Waals surface area contributed by atoms with Crippen molar-refractivity contribution in [1.82, 2.24) is 0 Å². The zero-order valence-electron chi connectivity index (χ0n) is 12.0. The van der Waals surface area contributed by atoms with E-state index >= 15 is 0 Å². The van der Waals surface area contributed by atoms with Crippen LogP contribution in [0.4, 0.5) is 10.1 Å². The van der Waals surface area contributed by atoms with Gasteiger partial charge in [-0.05, 0) is 31.2 Å². The summed E-state index contributed by atoms with van der Waals surface area (Å²) in [5, 5.41) is 7.92. The molecule has 0 spiro atoms. The first kappa shape index (κ1) is 15.4. The first-order chi connectivity index (χ1) is 8.79. The molecule has 0 saturated heterocycles. The average Bonchev–Trinajstić information content (AvgIpc) is 2.31. The van der Waals surface area contributed by atoms with E-state index in [2.05, 4.69) is 6.58 Å². The van der Waals surface area contributed by atoms with Crippen LogP contribution in [-0.4, -0.2) is 19.6 Å². The smallest absolute Gasteiger partial charge is 0.123 e. The maximum absolute atomic E-state index is 13.0. The highest BCUT2D eigenvalue weighted by Crippen LogP contribution is 2.32. The summed E-state index contributed by atoms with van der Waals surface area (Å²) < 4.78 is 18.2. The SMILES string of the molecule is C=C(N(C(C)=N)c1ccc(F)cc1)C(C)(C)COC. The lowest BCUT2D eigenvalue weighted by atomic mass is 9.89. The minimum absolute atomic E-state index is 0.298. The first-order valence-electron chi connectivity index (χ1n) is 6.09. The summed E-state index contributed by atoms with van der Waals surface area (Å²) in [6.45, 7) is 10.2. The highest BCUT2D eigenvalue weighted by atomic mass is 19.1. The third-order valence-electron chi connectivity index (χ3n) is 2.98. The largest absolute Gasteiger partial charge is 0.384 e. The fourth-order valence-electron chi connectivity index (χ4n) is 1.89. The summed E-state index contributed by atoms with van der Waals surface area (Å²) in [5.74, 6) is 0.0360. The molecular formula is C15H21FN2O. The van der Waals surface area contributed by atoms with E-state index in [0.717, 1.165) is 11.4 Å². The van der Waals surface area contributed by atoms with Crippen molar-refractivity contribution in [1.29, 1.82) is 5.41 Å². The summed E-state index contributed by atoms with van der Waals surface area (Å²) in [6, 6.07) is 6.03. The van der Waals surface area contributed by atoms with Gasteiger partial charge in [0.15, 0.2) is 0 Å². The molecule has 1 aromatic rings. The van der Waals surface area contributed by atoms with E-state index in [1.54, 1.807) is 31.1 Å². The van der Waals surface area contributed by atoms with Crippen LogP contribution in [0.1, 0.15) is 20.8 Å². The second kappa shape index (κ2) is 5.97. The van der Waals surface area contributed by atoms with Gasteiger partial charge in [0.05, 0.1) is 6.61 Å². The Morgan fingerprint density at radius 2 is 1.89 bits per heavy atom. The van der Waals surface area contributed by atoms with Crippen LogP contribution in [0.15, 0.2) is 36.5 Å². The maximum Gasteiger partial charge on any atom is 0.123 e. The van der Waals surface area contributed by atoms with E-state index in [-0.39, 0.29) is 11.2 Å². The van der Waals surface area contributed by atoms with Gasteiger partial charge in [0.25, 0.3) is 0 Å². The van der Waals surface area contributed by atoms with Crippen LogP contribution >= 0.6 is 0 Å². The molecule has 0 bridgehead atoms. The number of halogens is 1. The minimum atomic E-state index is -0.314. The van der Waals surface area contributed by atoms with E-state index in [1.165, 1.54) is 12.1 Å². The maximum atomic E-state index is 13.0. The zero-order chi connectivity index (χ0) is 14.6. The topological polar surface area (TPSA) is 36.3 Å². The minimum Gasteiger partial charge on any atom is -0.384 e. The van der Waals surface area contributed by atoms with Gasteiger partial charge in [-0.15, -0.1) is 0 Å². The van der Waals surface area contributed by atoms with Crippen LogP contribution in [0.3, 0.4) is 0 Å². The molecule has 0 unspecified atom stereocenters. The third kappa shape index (κ3) is 3.64. The van der Waals surface area contributed by atoms with E-state index in [1.807, 2.05) is 13.8 Å². The van der Waals surface area contributed by atoms with E-state index in [0.29, 0.717) is 12.4 Å². The molecule has 104 valence electrons. The van der Waals surface area contributed by atoms with Crippen LogP contribution in [0.2, 0.25) is 0 Å². The molecule has 4 heteroatoms. The number of ether oxygens (including phenoxy) is 1. The van der Waals surface area contributed by atoms with E-state index < -0.39 is 0 Å². The Labute approximate surface area is 114 Å². The number of hydrogen-bond acceptors (Lipinski definition) is 2. The Kier molecular flexibility index (Phi) is 4.84. The molecule has 0 aliphatic heterocycles. The van der Waals surface area contributed by atoms with Gasteiger partial charge in [0.1, 0.15) is 11.7 Å². The first-order valence-corrected chi connectivity index (χ1v) is 6.09. The van der Waals surface area contributed by atoms with Crippen molar-refractivity contribution in [3.8, 4) is 0 Å². The highest BCUT2D eigenvalue weighted by molar-refractivity contribution is 5.96. The Bertz CT molecular complexity index is 466. The van der Waals surface area contributed by atoms with Crippen LogP contribution < -0.4 is 4.90 Å². The predicted molar refractivity (Wildman–Crippen MR) is 77.1 cm³/mol. The van der Waals surface area contributed by atoms with Gasteiger partial charge in [-0.3, -0.25) is 5.41 Å². The molecule has 0 atom stereocenters. The van der Waals surface area contributed by atoms with Crippen LogP contribution in [-0.2, 0) is 4.74 Å². The molecule has 0 heterocycles. The number of nitrogens with one attached hydrogen (secondary N) is 1. The second-order valence-corrected chi connectivity index (χ2v) is 5.16. The van der Waals surface area contributed by atoms with E-state index in [4.69, 9.17) is 10.1 Å². The molecule has 0 saturated carbocycles. The Morgan fingerprint density at radius 3 is 2.32 bits per heavy atom. The molecule has 0 radical (unpaired) electrons. The van der Waals surface area contributed by atoms with Gasteiger partial charge in [-0.25, -0.2) is 4.39 Å². The normalized spacial score (nSPS) is 11.2. The Balaban J connectivity index is 3.11. The third-order valence-corrected chi connectivity index (χ3v) is 2.98. The lowest BCUT2D eigenvalue weighted by Crippen LogP contribution is -2.36. The molecule has 1 rings (SSSR count). The van der Waals surface area contributed by atoms with Crippen LogP contribution in [0.25, 0.3) is 0 Å². The van der Waals surface area contributed by atoms with Crippen molar-refractivity contribution in [2.75, 3.05) is 18.6 Å². The Hall–Kier alpha value is -1.68. The number of amidine groups is 1. The molecule has 0 amide bonds. The lowest BCUT2D eigenvalue weighted by molar-refractivity contribution is 0.126. The molecule has 1 N–H and O–H groups in total. The molecular weight excluding hydrogens is 243 g/mol. The standard InChI is InChI=1S/C15H21FN2O/c1-11(15(3,4)10-19-5)18(12(2)17)14-8-6-13(16)7-9-14/h6-9,17H,1,10H2,2-5H3. The van der Waals surface area contributed by atoms with Gasteiger partial charge < -0.3 is 9.64 Å². The Morgan fingerprint density at radius 1 is 1.37 bits per heavy atom. The second-order valence-electron chi connectivity index (χ2n) is 5.16. The lowest BCUT2D eigenvalue weighted by Gasteiger charge is -2.35. The molecule has 1 aromatic carbocycles. The van der Waals surface area contributed by atoms with Gasteiger partial charge in [0, 0.05) is 23.9 Å². The fourth-order valence-corrected chi connectivity index (χ4v) is 1.89. The molecule has 0 aromatic heterocycles. The summed E-state index contributed by atoms with van der Waals surface area (Å²) in [4.78, 5) is 1.71. The number of nitrogens with zero attached hydrogens (tertiary/aromatic N) is 1. The number of rotatable bonds is 5. The molecule has 0 fully saturated rings. The van der Waals surface area contributed by atoms with Crippen molar-refractivity contribution in [2.24, 2.45) is 5.41 Å². The van der Waals surface area contributed by atoms with Crippen LogP contribution in [0, 0.1) is 16.6 Å². The number of benzene rings is 1. The van der Waals surface area contributed by atoms with Crippen molar-refractivity contribution in [3.63, 3.8) is 0 Å². The van der Waals surface area contributed by atoms with Crippen molar-refractivity contribution >= 4 is 11.5 Å². The van der Waals surface area contributed by atoms with Gasteiger partial charge in [-0.1, -0.05) is 20.4 Å². The highest BCUT2D eigenvalue weighted by Gasteiger charge is 2.28. The number of methoxy groups -OCH3 is 1. The van der Waals surface area contributed by atoms with E-state index in [9.17, 15) is 4.39 Å². The zero-order valence-corrected chi connectivity index (χ0v) is 12.0. The van der Waals surface area contributed by atoms with Crippen LogP contribution in [0.5, 0.6) is 0 Å². The van der Waals surface area contributed by atoms with Gasteiger partial charge >= 0.3 is 0 Å². The predicted octanol–water partition coefficient (Wildman–Crippen LogP) is 3.82. The van der Waals surface area contributed by atoms with Crippen molar-refractivity contribution in [3.05, 3.63) is 42.4 Å². The molecule has 19 heavy (non-hydrogen) atoms. The summed E-state index contributed by atoms with van der Waals surface area (Å²) in [5.41, 5.74) is 1.15. The molecule has 3 nitrogen and oxygen atoms in total. The van der Waals surface area contributed by atoms with Gasteiger partial charge in [-0.2, -0.15) is 0 Å². The fraction of sp³-hybridized carbons (Fsp3) is 0.400. The quantitative estimate of drug-likeness (QED) is 0.648. The molecule has 0 aliphatic rings. The number of hydrogen-bond donors (Lipinski definition) is 1.